The molecule has 8 heteroatoms. The van der Waals surface area contributed by atoms with E-state index in [0.29, 0.717) is 9.75 Å². The molecule has 1 heterocycles. The Morgan fingerprint density at radius 3 is 2.68 bits per heavy atom. The zero-order valence-corrected chi connectivity index (χ0v) is 11.8. The standard InChI is InChI=1S/C11H13NO5S2/c1-19(16,17)7-6-12-11(15)9-4-2-8(18-9)3-5-10(13)14/h2-5H,6-7H2,1H3,(H,12,15)(H,13,14)/b5-3+. The molecule has 0 unspecified atom stereocenters. The van der Waals surface area contributed by atoms with Crippen molar-refractivity contribution in [3.8, 4) is 0 Å². The van der Waals surface area contributed by atoms with Gasteiger partial charge in [-0.3, -0.25) is 4.79 Å². The van der Waals surface area contributed by atoms with Crippen LogP contribution in [0.2, 0.25) is 0 Å². The molecule has 2 N–H and O–H groups in total. The van der Waals surface area contributed by atoms with Gasteiger partial charge in [0, 0.05) is 23.8 Å². The Morgan fingerprint density at radius 2 is 2.11 bits per heavy atom. The summed E-state index contributed by atoms with van der Waals surface area (Å²) in [5.41, 5.74) is 0. The van der Waals surface area contributed by atoms with Crippen molar-refractivity contribution in [3.05, 3.63) is 28.0 Å². The topological polar surface area (TPSA) is 101 Å². The molecule has 6 nitrogen and oxygen atoms in total. The van der Waals surface area contributed by atoms with Gasteiger partial charge in [0.15, 0.2) is 0 Å². The normalized spacial score (nSPS) is 11.6. The first kappa shape index (κ1) is 15.4. The number of carboxylic acids is 1. The zero-order chi connectivity index (χ0) is 14.5. The summed E-state index contributed by atoms with van der Waals surface area (Å²) in [5.74, 6) is -1.55. The van der Waals surface area contributed by atoms with Crippen molar-refractivity contribution in [2.75, 3.05) is 18.6 Å². The van der Waals surface area contributed by atoms with Crippen LogP contribution in [0.1, 0.15) is 14.5 Å². The maximum absolute atomic E-state index is 11.6. The predicted molar refractivity (Wildman–Crippen MR) is 73.0 cm³/mol. The summed E-state index contributed by atoms with van der Waals surface area (Å²) >= 11 is 1.13. The van der Waals surface area contributed by atoms with Crippen LogP contribution in [-0.4, -0.2) is 44.0 Å². The molecule has 0 saturated carbocycles. The zero-order valence-electron chi connectivity index (χ0n) is 10.1. The molecule has 1 amide bonds. The van der Waals surface area contributed by atoms with Gasteiger partial charge in [-0.2, -0.15) is 0 Å². The van der Waals surface area contributed by atoms with Gasteiger partial charge >= 0.3 is 5.97 Å². The number of thiophene rings is 1. The summed E-state index contributed by atoms with van der Waals surface area (Å²) in [6, 6.07) is 3.18. The monoisotopic (exact) mass is 303 g/mol. The van der Waals surface area contributed by atoms with Crippen LogP contribution in [0.4, 0.5) is 0 Å². The number of carboxylic acid groups (broad SMARTS) is 1. The van der Waals surface area contributed by atoms with Gasteiger partial charge in [-0.25, -0.2) is 13.2 Å². The highest BCUT2D eigenvalue weighted by atomic mass is 32.2. The highest BCUT2D eigenvalue weighted by Gasteiger charge is 2.09. The van der Waals surface area contributed by atoms with E-state index < -0.39 is 15.8 Å². The SMILES string of the molecule is CS(=O)(=O)CCNC(=O)c1ccc(/C=C/C(=O)O)s1. The number of carbonyl (C=O) groups excluding carboxylic acids is 1. The predicted octanol–water partition coefficient (Wildman–Crippen LogP) is 0.620. The van der Waals surface area contributed by atoms with Crippen LogP contribution in [0, 0.1) is 0 Å². The Labute approximate surface area is 114 Å². The molecule has 0 aromatic carbocycles. The summed E-state index contributed by atoms with van der Waals surface area (Å²) in [7, 11) is -3.10. The largest absolute Gasteiger partial charge is 0.478 e. The number of rotatable bonds is 6. The average molecular weight is 303 g/mol. The van der Waals surface area contributed by atoms with E-state index in [1.165, 1.54) is 6.08 Å². The Morgan fingerprint density at radius 1 is 1.42 bits per heavy atom. The van der Waals surface area contributed by atoms with Crippen molar-refractivity contribution in [2.45, 2.75) is 0 Å². The fourth-order valence-corrected chi connectivity index (χ4v) is 2.45. The van der Waals surface area contributed by atoms with Gasteiger partial charge in [0.05, 0.1) is 10.6 Å². The van der Waals surface area contributed by atoms with E-state index in [2.05, 4.69) is 5.32 Å². The van der Waals surface area contributed by atoms with Crippen molar-refractivity contribution in [1.82, 2.24) is 5.32 Å². The lowest BCUT2D eigenvalue weighted by molar-refractivity contribution is -0.131. The van der Waals surface area contributed by atoms with Crippen LogP contribution in [-0.2, 0) is 14.6 Å². The summed E-state index contributed by atoms with van der Waals surface area (Å²) in [6.07, 6.45) is 3.47. The van der Waals surface area contributed by atoms with Crippen LogP contribution >= 0.6 is 11.3 Å². The average Bonchev–Trinajstić information content (AvgIpc) is 2.73. The molecule has 0 fully saturated rings. The second-order valence-corrected chi connectivity index (χ2v) is 7.13. The van der Waals surface area contributed by atoms with E-state index in [4.69, 9.17) is 5.11 Å². The van der Waals surface area contributed by atoms with Gasteiger partial charge in [-0.15, -0.1) is 11.3 Å². The Bertz CT molecular complexity index is 600. The highest BCUT2D eigenvalue weighted by molar-refractivity contribution is 7.90. The third-order valence-corrected chi connectivity index (χ3v) is 3.99. The van der Waals surface area contributed by atoms with Crippen LogP contribution in [0.25, 0.3) is 6.08 Å². The summed E-state index contributed by atoms with van der Waals surface area (Å²) < 4.78 is 21.8. The number of nitrogens with one attached hydrogen (secondary N) is 1. The smallest absolute Gasteiger partial charge is 0.328 e. The highest BCUT2D eigenvalue weighted by Crippen LogP contribution is 2.17. The lowest BCUT2D eigenvalue weighted by Crippen LogP contribution is -2.28. The molecule has 0 atom stereocenters. The minimum absolute atomic E-state index is 0.0515. The molecule has 19 heavy (non-hydrogen) atoms. The third kappa shape index (κ3) is 6.16. The van der Waals surface area contributed by atoms with Gasteiger partial charge < -0.3 is 10.4 Å². The van der Waals surface area contributed by atoms with E-state index in [-0.39, 0.29) is 18.2 Å². The lowest BCUT2D eigenvalue weighted by atomic mass is 10.4. The van der Waals surface area contributed by atoms with Crippen molar-refractivity contribution in [2.24, 2.45) is 0 Å². The molecule has 104 valence electrons. The Hall–Kier alpha value is -1.67. The number of hydrogen-bond acceptors (Lipinski definition) is 5. The van der Waals surface area contributed by atoms with Gasteiger partial charge in [0.25, 0.3) is 5.91 Å². The van der Waals surface area contributed by atoms with Crippen molar-refractivity contribution >= 4 is 39.1 Å². The molecule has 0 radical (unpaired) electrons. The van der Waals surface area contributed by atoms with Crippen molar-refractivity contribution in [1.29, 1.82) is 0 Å². The molecule has 0 bridgehead atoms. The number of carbonyl (C=O) groups is 2. The molecule has 0 aliphatic heterocycles. The molecule has 1 aromatic heterocycles. The quantitative estimate of drug-likeness (QED) is 0.750. The molecule has 0 aliphatic rings. The van der Waals surface area contributed by atoms with Crippen molar-refractivity contribution in [3.63, 3.8) is 0 Å². The first-order valence-corrected chi connectivity index (χ1v) is 8.12. The summed E-state index contributed by atoms with van der Waals surface area (Å²) in [5, 5.41) is 11.0. The maximum Gasteiger partial charge on any atom is 0.328 e. The fraction of sp³-hybridized carbons (Fsp3) is 0.273. The minimum Gasteiger partial charge on any atom is -0.478 e. The third-order valence-electron chi connectivity index (χ3n) is 2.00. The minimum atomic E-state index is -3.10. The first-order chi connectivity index (χ1) is 8.78. The Balaban J connectivity index is 2.56. The van der Waals surface area contributed by atoms with E-state index in [0.717, 1.165) is 23.7 Å². The molecular weight excluding hydrogens is 290 g/mol. The first-order valence-electron chi connectivity index (χ1n) is 5.25. The number of amides is 1. The van der Waals surface area contributed by atoms with Crippen LogP contribution < -0.4 is 5.32 Å². The van der Waals surface area contributed by atoms with E-state index >= 15 is 0 Å². The summed E-state index contributed by atoms with van der Waals surface area (Å²) in [4.78, 5) is 23.0. The fourth-order valence-electron chi connectivity index (χ4n) is 1.15. The molecular formula is C11H13NO5S2. The Kier molecular flexibility index (Phi) is 5.25. The molecule has 0 saturated heterocycles. The van der Waals surface area contributed by atoms with Crippen LogP contribution in [0.3, 0.4) is 0 Å². The lowest BCUT2D eigenvalue weighted by Gasteiger charge is -2.01. The van der Waals surface area contributed by atoms with Gasteiger partial charge in [0.2, 0.25) is 0 Å². The van der Waals surface area contributed by atoms with E-state index in [9.17, 15) is 18.0 Å². The summed E-state index contributed by atoms with van der Waals surface area (Å²) in [6.45, 7) is 0.0515. The molecule has 1 aromatic rings. The van der Waals surface area contributed by atoms with Gasteiger partial charge in [-0.05, 0) is 18.2 Å². The van der Waals surface area contributed by atoms with Crippen LogP contribution in [0.15, 0.2) is 18.2 Å². The van der Waals surface area contributed by atoms with E-state index in [1.807, 2.05) is 0 Å². The number of hydrogen-bond donors (Lipinski definition) is 2. The number of sulfone groups is 1. The maximum atomic E-state index is 11.6. The van der Waals surface area contributed by atoms with E-state index in [1.54, 1.807) is 12.1 Å². The second kappa shape index (κ2) is 6.48. The molecule has 0 spiro atoms. The van der Waals surface area contributed by atoms with Gasteiger partial charge in [0.1, 0.15) is 9.84 Å². The second-order valence-electron chi connectivity index (χ2n) is 3.76. The van der Waals surface area contributed by atoms with Crippen molar-refractivity contribution < 1.29 is 23.1 Å². The van der Waals surface area contributed by atoms with Crippen LogP contribution in [0.5, 0.6) is 0 Å². The van der Waals surface area contributed by atoms with Gasteiger partial charge in [-0.1, -0.05) is 0 Å². The number of aliphatic carboxylic acids is 1. The molecule has 0 aliphatic carbocycles. The molecule has 1 rings (SSSR count).